The summed E-state index contributed by atoms with van der Waals surface area (Å²) in [6.07, 6.45) is 0. The Balaban J connectivity index is 1.77. The Morgan fingerprint density at radius 3 is 2.74 bits per heavy atom. The molecular weight excluding hydrogens is 441 g/mol. The molecule has 1 heterocycles. The lowest BCUT2D eigenvalue weighted by Crippen LogP contribution is -2.42. The van der Waals surface area contributed by atoms with Crippen molar-refractivity contribution in [3.63, 3.8) is 0 Å². The highest BCUT2D eigenvalue weighted by Crippen LogP contribution is 2.30. The lowest BCUT2D eigenvalue weighted by molar-refractivity contribution is -0.133. The monoisotopic (exact) mass is 453 g/mol. The van der Waals surface area contributed by atoms with Gasteiger partial charge >= 0.3 is 6.03 Å². The molecule has 1 aliphatic rings. The maximum atomic E-state index is 13.7. The van der Waals surface area contributed by atoms with Crippen LogP contribution in [0.25, 0.3) is 0 Å². The van der Waals surface area contributed by atoms with Gasteiger partial charge in [-0.15, -0.1) is 0 Å². The Hall–Kier alpha value is -2.45. The molecule has 0 aromatic heterocycles. The molecule has 6 nitrogen and oxygen atoms in total. The Morgan fingerprint density at radius 2 is 2.04 bits per heavy atom. The van der Waals surface area contributed by atoms with Crippen molar-refractivity contribution in [2.75, 3.05) is 11.9 Å². The number of nitrogens with zero attached hydrogens (tertiary/aromatic N) is 1. The van der Waals surface area contributed by atoms with E-state index >= 15 is 0 Å². The SMILES string of the molecule is CC1(c2cccc(Br)c2)NC(=O)N(CC(=O)Nc2cc(Cl)ccc2F)C1=O. The minimum atomic E-state index is -1.30. The molecular formula is C18H14BrClFN3O3. The fraction of sp³-hybridized carbons (Fsp3) is 0.167. The molecule has 140 valence electrons. The Morgan fingerprint density at radius 1 is 1.30 bits per heavy atom. The first-order chi connectivity index (χ1) is 12.7. The zero-order valence-electron chi connectivity index (χ0n) is 14.1. The molecule has 0 radical (unpaired) electrons. The highest BCUT2D eigenvalue weighted by molar-refractivity contribution is 9.10. The summed E-state index contributed by atoms with van der Waals surface area (Å²) < 4.78 is 14.5. The third kappa shape index (κ3) is 3.81. The molecule has 1 unspecified atom stereocenters. The number of halogens is 3. The van der Waals surface area contributed by atoms with Gasteiger partial charge in [0, 0.05) is 9.50 Å². The van der Waals surface area contributed by atoms with E-state index < -0.39 is 35.7 Å². The van der Waals surface area contributed by atoms with Crippen LogP contribution in [0.3, 0.4) is 0 Å². The lowest BCUT2D eigenvalue weighted by Gasteiger charge is -2.22. The van der Waals surface area contributed by atoms with E-state index in [2.05, 4.69) is 26.6 Å². The van der Waals surface area contributed by atoms with Crippen molar-refractivity contribution >= 4 is 51.1 Å². The summed E-state index contributed by atoms with van der Waals surface area (Å²) in [5.74, 6) is -1.98. The van der Waals surface area contributed by atoms with Crippen LogP contribution in [0.15, 0.2) is 46.9 Å². The van der Waals surface area contributed by atoms with Crippen LogP contribution in [0, 0.1) is 5.82 Å². The maximum absolute atomic E-state index is 13.7. The van der Waals surface area contributed by atoms with Gasteiger partial charge in [0.05, 0.1) is 5.69 Å². The van der Waals surface area contributed by atoms with Crippen molar-refractivity contribution in [3.8, 4) is 0 Å². The summed E-state index contributed by atoms with van der Waals surface area (Å²) in [5, 5.41) is 5.16. The summed E-state index contributed by atoms with van der Waals surface area (Å²) >= 11 is 9.11. The van der Waals surface area contributed by atoms with E-state index in [0.29, 0.717) is 5.56 Å². The van der Waals surface area contributed by atoms with Gasteiger partial charge in [0.15, 0.2) is 0 Å². The first-order valence-corrected chi connectivity index (χ1v) is 9.03. The van der Waals surface area contributed by atoms with Crippen LogP contribution in [-0.4, -0.2) is 29.3 Å². The number of anilines is 1. The normalized spacial score (nSPS) is 19.2. The average molecular weight is 455 g/mol. The van der Waals surface area contributed by atoms with E-state index in [-0.39, 0.29) is 10.7 Å². The molecule has 1 atom stereocenters. The van der Waals surface area contributed by atoms with Crippen LogP contribution in [-0.2, 0) is 15.1 Å². The summed E-state index contributed by atoms with van der Waals surface area (Å²) in [5.41, 5.74) is -0.865. The van der Waals surface area contributed by atoms with E-state index in [1.807, 2.05) is 0 Å². The van der Waals surface area contributed by atoms with E-state index in [0.717, 1.165) is 15.4 Å². The molecule has 2 N–H and O–H groups in total. The van der Waals surface area contributed by atoms with Gasteiger partial charge in [-0.25, -0.2) is 9.18 Å². The highest BCUT2D eigenvalue weighted by Gasteiger charge is 2.49. The largest absolute Gasteiger partial charge is 0.325 e. The fourth-order valence-electron chi connectivity index (χ4n) is 2.76. The number of hydrogen-bond acceptors (Lipinski definition) is 3. The highest BCUT2D eigenvalue weighted by atomic mass is 79.9. The van der Waals surface area contributed by atoms with E-state index in [9.17, 15) is 18.8 Å². The number of carbonyl (C=O) groups is 3. The topological polar surface area (TPSA) is 78.5 Å². The van der Waals surface area contributed by atoms with Crippen LogP contribution in [0.5, 0.6) is 0 Å². The molecule has 0 saturated carbocycles. The van der Waals surface area contributed by atoms with Crippen molar-refractivity contribution in [1.29, 1.82) is 0 Å². The molecule has 27 heavy (non-hydrogen) atoms. The molecule has 3 rings (SSSR count). The maximum Gasteiger partial charge on any atom is 0.325 e. The fourth-order valence-corrected chi connectivity index (χ4v) is 3.33. The second kappa shape index (κ2) is 7.28. The van der Waals surface area contributed by atoms with Gasteiger partial charge in [0.1, 0.15) is 17.9 Å². The molecule has 2 aromatic carbocycles. The number of amides is 4. The zero-order chi connectivity index (χ0) is 19.8. The predicted molar refractivity (Wildman–Crippen MR) is 102 cm³/mol. The van der Waals surface area contributed by atoms with Gasteiger partial charge in [0.25, 0.3) is 5.91 Å². The Bertz CT molecular complexity index is 955. The standard InChI is InChI=1S/C18H14BrClFN3O3/c1-18(10-3-2-4-11(19)7-10)16(26)24(17(27)23-18)9-15(25)22-14-8-12(20)5-6-13(14)21/h2-8H,9H2,1H3,(H,22,25)(H,23,27). The number of imide groups is 1. The quantitative estimate of drug-likeness (QED) is 0.692. The van der Waals surface area contributed by atoms with Crippen molar-refractivity contribution < 1.29 is 18.8 Å². The third-order valence-corrected chi connectivity index (χ3v) is 4.91. The number of hydrogen-bond donors (Lipinski definition) is 2. The van der Waals surface area contributed by atoms with Crippen molar-refractivity contribution in [2.45, 2.75) is 12.5 Å². The van der Waals surface area contributed by atoms with E-state index in [1.165, 1.54) is 12.1 Å². The van der Waals surface area contributed by atoms with Gasteiger partial charge in [-0.05, 0) is 42.8 Å². The molecule has 0 aliphatic carbocycles. The summed E-state index contributed by atoms with van der Waals surface area (Å²) in [7, 11) is 0. The number of nitrogens with one attached hydrogen (secondary N) is 2. The van der Waals surface area contributed by atoms with E-state index in [1.54, 1.807) is 31.2 Å². The van der Waals surface area contributed by atoms with Crippen LogP contribution in [0.2, 0.25) is 5.02 Å². The van der Waals surface area contributed by atoms with Crippen LogP contribution < -0.4 is 10.6 Å². The van der Waals surface area contributed by atoms with Gasteiger partial charge < -0.3 is 10.6 Å². The minimum Gasteiger partial charge on any atom is -0.322 e. The van der Waals surface area contributed by atoms with Crippen molar-refractivity contribution in [3.05, 3.63) is 63.3 Å². The average Bonchev–Trinajstić information content (AvgIpc) is 2.82. The summed E-state index contributed by atoms with van der Waals surface area (Å²) in [4.78, 5) is 38.1. The summed E-state index contributed by atoms with van der Waals surface area (Å²) in [6.45, 7) is 1.00. The van der Waals surface area contributed by atoms with Gasteiger partial charge in [0.2, 0.25) is 5.91 Å². The second-order valence-electron chi connectivity index (χ2n) is 6.13. The lowest BCUT2D eigenvalue weighted by atomic mass is 9.92. The Labute approximate surface area is 167 Å². The summed E-state index contributed by atoms with van der Waals surface area (Å²) in [6, 6.07) is 9.93. The molecule has 0 spiro atoms. The van der Waals surface area contributed by atoms with Crippen LogP contribution in [0.1, 0.15) is 12.5 Å². The van der Waals surface area contributed by atoms with E-state index in [4.69, 9.17) is 11.6 Å². The van der Waals surface area contributed by atoms with Gasteiger partial charge in [-0.3, -0.25) is 14.5 Å². The predicted octanol–water partition coefficient (Wildman–Crippen LogP) is 3.65. The van der Waals surface area contributed by atoms with Crippen molar-refractivity contribution in [1.82, 2.24) is 10.2 Å². The molecule has 1 saturated heterocycles. The number of urea groups is 1. The first kappa shape index (κ1) is 19.3. The zero-order valence-corrected chi connectivity index (χ0v) is 16.4. The molecule has 1 aliphatic heterocycles. The number of benzene rings is 2. The second-order valence-corrected chi connectivity index (χ2v) is 7.48. The van der Waals surface area contributed by atoms with Crippen molar-refractivity contribution in [2.24, 2.45) is 0 Å². The number of carbonyl (C=O) groups excluding carboxylic acids is 3. The third-order valence-electron chi connectivity index (χ3n) is 4.18. The van der Waals surface area contributed by atoms with Gasteiger partial charge in [-0.1, -0.05) is 39.7 Å². The molecule has 4 amide bonds. The smallest absolute Gasteiger partial charge is 0.322 e. The van der Waals surface area contributed by atoms with Crippen LogP contribution >= 0.6 is 27.5 Å². The Kier molecular flexibility index (Phi) is 5.21. The first-order valence-electron chi connectivity index (χ1n) is 7.86. The molecule has 1 fully saturated rings. The minimum absolute atomic E-state index is 0.130. The molecule has 0 bridgehead atoms. The number of rotatable bonds is 4. The van der Waals surface area contributed by atoms with Gasteiger partial charge in [-0.2, -0.15) is 0 Å². The molecule has 2 aromatic rings. The molecule has 9 heteroatoms. The van der Waals surface area contributed by atoms with Crippen LogP contribution in [0.4, 0.5) is 14.9 Å².